The normalized spacial score (nSPS) is 26.0. The highest BCUT2D eigenvalue weighted by molar-refractivity contribution is 5.50. The lowest BCUT2D eigenvalue weighted by Crippen LogP contribution is -2.51. The van der Waals surface area contributed by atoms with Gasteiger partial charge in [0, 0.05) is 76.2 Å². The number of aromatic nitrogens is 2. The van der Waals surface area contributed by atoms with Gasteiger partial charge in [0.1, 0.15) is 5.82 Å². The van der Waals surface area contributed by atoms with E-state index in [0.717, 1.165) is 57.3 Å². The zero-order valence-electron chi connectivity index (χ0n) is 18.2. The Morgan fingerprint density at radius 1 is 0.690 bits per heavy atom. The van der Waals surface area contributed by atoms with E-state index in [0.29, 0.717) is 0 Å². The third-order valence-electron chi connectivity index (χ3n) is 7.83. The van der Waals surface area contributed by atoms with Crippen LogP contribution in [0.1, 0.15) is 56.9 Å². The van der Waals surface area contributed by atoms with Crippen molar-refractivity contribution in [1.82, 2.24) is 19.8 Å². The third kappa shape index (κ3) is 4.24. The number of hydrogen-bond acceptors (Lipinski definition) is 6. The van der Waals surface area contributed by atoms with Crippen molar-refractivity contribution in [2.45, 2.75) is 70.4 Å². The Kier molecular flexibility index (Phi) is 5.91. The maximum atomic E-state index is 5.07. The summed E-state index contributed by atoms with van der Waals surface area (Å²) in [5, 5.41) is 0. The Morgan fingerprint density at radius 2 is 1.17 bits per heavy atom. The first kappa shape index (κ1) is 19.6. The molecule has 4 aliphatic rings. The summed E-state index contributed by atoms with van der Waals surface area (Å²) in [5.41, 5.74) is 1.22. The van der Waals surface area contributed by atoms with Crippen LogP contribution in [0.4, 0.5) is 11.8 Å². The maximum absolute atomic E-state index is 5.07. The fourth-order valence-corrected chi connectivity index (χ4v) is 6.02. The van der Waals surface area contributed by atoms with Gasteiger partial charge in [0.05, 0.1) is 0 Å². The smallest absolute Gasteiger partial charge is 0.227 e. The van der Waals surface area contributed by atoms with Crippen LogP contribution in [-0.2, 0) is 0 Å². The van der Waals surface area contributed by atoms with E-state index in [1.165, 1.54) is 75.8 Å². The SMILES string of the molecule is Cc1cnc(N2CCN(C3CCCC3)CC2)nc1N1CCN(C2CCCC2)CC1. The van der Waals surface area contributed by atoms with E-state index in [-0.39, 0.29) is 0 Å². The first-order valence-electron chi connectivity index (χ1n) is 12.1. The van der Waals surface area contributed by atoms with Gasteiger partial charge in [0.25, 0.3) is 0 Å². The lowest BCUT2D eigenvalue weighted by molar-refractivity contribution is 0.186. The molecule has 0 spiro atoms. The van der Waals surface area contributed by atoms with Gasteiger partial charge in [0.2, 0.25) is 5.95 Å². The summed E-state index contributed by atoms with van der Waals surface area (Å²) in [6.07, 6.45) is 13.3. The molecule has 1 aromatic heterocycles. The molecule has 2 aliphatic carbocycles. The maximum Gasteiger partial charge on any atom is 0.227 e. The molecule has 3 heterocycles. The first-order valence-corrected chi connectivity index (χ1v) is 12.1. The second kappa shape index (κ2) is 8.76. The summed E-state index contributed by atoms with van der Waals surface area (Å²) in [5.74, 6) is 2.11. The molecule has 0 aromatic carbocycles. The van der Waals surface area contributed by atoms with Crippen LogP contribution in [0, 0.1) is 6.92 Å². The molecular weight excluding hydrogens is 360 g/mol. The highest BCUT2D eigenvalue weighted by Crippen LogP contribution is 2.28. The van der Waals surface area contributed by atoms with Crippen LogP contribution in [-0.4, -0.2) is 84.2 Å². The lowest BCUT2D eigenvalue weighted by Gasteiger charge is -2.40. The zero-order chi connectivity index (χ0) is 19.6. The van der Waals surface area contributed by atoms with E-state index in [4.69, 9.17) is 9.97 Å². The van der Waals surface area contributed by atoms with Crippen molar-refractivity contribution < 1.29 is 0 Å². The van der Waals surface area contributed by atoms with Gasteiger partial charge in [-0.3, -0.25) is 9.80 Å². The average Bonchev–Trinajstić information content (AvgIpc) is 3.49. The van der Waals surface area contributed by atoms with Gasteiger partial charge in [-0.2, -0.15) is 4.98 Å². The van der Waals surface area contributed by atoms with Crippen molar-refractivity contribution in [3.05, 3.63) is 11.8 Å². The lowest BCUT2D eigenvalue weighted by atomic mass is 10.1. The van der Waals surface area contributed by atoms with Gasteiger partial charge in [-0.05, 0) is 32.6 Å². The van der Waals surface area contributed by atoms with Crippen LogP contribution >= 0.6 is 0 Å². The van der Waals surface area contributed by atoms with Crippen LogP contribution in [0.3, 0.4) is 0 Å². The van der Waals surface area contributed by atoms with Crippen molar-refractivity contribution >= 4 is 11.8 Å². The van der Waals surface area contributed by atoms with Crippen LogP contribution < -0.4 is 9.80 Å². The zero-order valence-corrected chi connectivity index (χ0v) is 18.2. The summed E-state index contributed by atoms with van der Waals surface area (Å²) >= 11 is 0. The van der Waals surface area contributed by atoms with Crippen molar-refractivity contribution in [1.29, 1.82) is 0 Å². The van der Waals surface area contributed by atoms with Crippen molar-refractivity contribution in [3.63, 3.8) is 0 Å². The highest BCUT2D eigenvalue weighted by Gasteiger charge is 2.29. The monoisotopic (exact) mass is 398 g/mol. The average molecular weight is 399 g/mol. The Labute approximate surface area is 176 Å². The highest BCUT2D eigenvalue weighted by atomic mass is 15.4. The molecular formula is C23H38N6. The van der Waals surface area contributed by atoms with Crippen LogP contribution in [0.25, 0.3) is 0 Å². The molecule has 0 atom stereocenters. The second-order valence-corrected chi connectivity index (χ2v) is 9.60. The Bertz CT molecular complexity index is 666. The molecule has 29 heavy (non-hydrogen) atoms. The third-order valence-corrected chi connectivity index (χ3v) is 7.83. The van der Waals surface area contributed by atoms with Crippen LogP contribution in [0.2, 0.25) is 0 Å². The summed E-state index contributed by atoms with van der Waals surface area (Å²) in [7, 11) is 0. The Morgan fingerprint density at radius 3 is 1.69 bits per heavy atom. The van der Waals surface area contributed by atoms with Crippen LogP contribution in [0.15, 0.2) is 6.20 Å². The quantitative estimate of drug-likeness (QED) is 0.777. The number of rotatable bonds is 4. The number of anilines is 2. The summed E-state index contributed by atoms with van der Waals surface area (Å²) in [6.45, 7) is 11.2. The minimum atomic E-state index is 0.836. The van der Waals surface area contributed by atoms with Gasteiger partial charge in [-0.25, -0.2) is 4.98 Å². The van der Waals surface area contributed by atoms with Gasteiger partial charge in [-0.15, -0.1) is 0 Å². The summed E-state index contributed by atoms with van der Waals surface area (Å²) in [4.78, 5) is 20.1. The molecule has 0 radical (unpaired) electrons. The fraction of sp³-hybridized carbons (Fsp3) is 0.826. The van der Waals surface area contributed by atoms with E-state index in [1.807, 2.05) is 6.20 Å². The summed E-state index contributed by atoms with van der Waals surface area (Å²) < 4.78 is 0. The van der Waals surface area contributed by atoms with Crippen molar-refractivity contribution in [2.75, 3.05) is 62.2 Å². The van der Waals surface area contributed by atoms with Gasteiger partial charge >= 0.3 is 0 Å². The molecule has 4 fully saturated rings. The number of piperazine rings is 2. The molecule has 0 amide bonds. The Balaban J connectivity index is 1.20. The molecule has 2 saturated heterocycles. The second-order valence-electron chi connectivity index (χ2n) is 9.60. The van der Waals surface area contributed by atoms with E-state index in [9.17, 15) is 0 Å². The van der Waals surface area contributed by atoms with E-state index >= 15 is 0 Å². The molecule has 6 nitrogen and oxygen atoms in total. The number of aryl methyl sites for hydroxylation is 1. The molecule has 6 heteroatoms. The standard InChI is InChI=1S/C23H38N6/c1-19-18-24-23(29-16-12-27(13-17-29)21-8-4-5-9-21)25-22(19)28-14-10-26(11-15-28)20-6-2-3-7-20/h18,20-21H,2-17H2,1H3. The predicted octanol–water partition coefficient (Wildman–Crippen LogP) is 2.91. The molecule has 1 aromatic rings. The van der Waals surface area contributed by atoms with Gasteiger partial charge in [-0.1, -0.05) is 25.7 Å². The van der Waals surface area contributed by atoms with Crippen LogP contribution in [0.5, 0.6) is 0 Å². The van der Waals surface area contributed by atoms with E-state index < -0.39 is 0 Å². The van der Waals surface area contributed by atoms with Gasteiger partial charge < -0.3 is 9.80 Å². The molecule has 0 bridgehead atoms. The van der Waals surface area contributed by atoms with Crippen molar-refractivity contribution in [2.24, 2.45) is 0 Å². The van der Waals surface area contributed by atoms with Crippen molar-refractivity contribution in [3.8, 4) is 0 Å². The van der Waals surface area contributed by atoms with Gasteiger partial charge in [0.15, 0.2) is 0 Å². The first-order chi connectivity index (χ1) is 14.3. The number of hydrogen-bond donors (Lipinski definition) is 0. The molecule has 2 aliphatic heterocycles. The largest absolute Gasteiger partial charge is 0.354 e. The molecule has 0 unspecified atom stereocenters. The molecule has 160 valence electrons. The van der Waals surface area contributed by atoms with E-state index in [2.05, 4.69) is 26.5 Å². The predicted molar refractivity (Wildman–Crippen MR) is 119 cm³/mol. The molecule has 5 rings (SSSR count). The van der Waals surface area contributed by atoms with E-state index in [1.54, 1.807) is 0 Å². The topological polar surface area (TPSA) is 38.7 Å². The molecule has 0 N–H and O–H groups in total. The molecule has 2 saturated carbocycles. The summed E-state index contributed by atoms with van der Waals surface area (Å²) in [6, 6.07) is 1.68. The Hall–Kier alpha value is -1.40. The number of nitrogens with zero attached hydrogens (tertiary/aromatic N) is 6. The fourth-order valence-electron chi connectivity index (χ4n) is 6.02. The minimum Gasteiger partial charge on any atom is -0.354 e. The minimum absolute atomic E-state index is 0.836.